The third-order valence-electron chi connectivity index (χ3n) is 3.17. The van der Waals surface area contributed by atoms with E-state index < -0.39 is 23.3 Å². The van der Waals surface area contributed by atoms with E-state index in [1.54, 1.807) is 12.2 Å². The Bertz CT molecular complexity index is 371. The molecular weight excluding hydrogens is 255 g/mol. The predicted molar refractivity (Wildman–Crippen MR) is 67.6 cm³/mol. The summed E-state index contributed by atoms with van der Waals surface area (Å²) < 4.78 is 0. The van der Waals surface area contributed by atoms with E-state index in [2.05, 4.69) is 10.6 Å². The Morgan fingerprint density at radius 3 is 2.11 bits per heavy atom. The van der Waals surface area contributed by atoms with Crippen LogP contribution in [-0.4, -0.2) is 17.8 Å². The van der Waals surface area contributed by atoms with Crippen LogP contribution in [0.5, 0.6) is 0 Å². The normalized spacial score (nSPS) is 18.2. The molecule has 0 saturated carbocycles. The minimum Gasteiger partial charge on any atom is -0.277 e. The Labute approximate surface area is 135 Å². The first-order chi connectivity index (χ1) is 8.42. The molecule has 1 heterocycles. The van der Waals surface area contributed by atoms with Crippen LogP contribution in [0.4, 0.5) is 4.79 Å². The summed E-state index contributed by atoms with van der Waals surface area (Å²) >= 11 is 0. The summed E-state index contributed by atoms with van der Waals surface area (Å²) in [6.07, 6.45) is 5.11. The molecule has 100 valence electrons. The Hall–Kier alpha value is -0.650. The van der Waals surface area contributed by atoms with Gasteiger partial charge in [-0.25, -0.2) is 4.79 Å². The fourth-order valence-corrected chi connectivity index (χ4v) is 1.95. The summed E-state index contributed by atoms with van der Waals surface area (Å²) in [5.41, 5.74) is -1.15. The molecule has 0 bridgehead atoms. The van der Waals surface area contributed by atoms with Crippen LogP contribution in [0.2, 0.25) is 0 Å². The molecule has 0 atom stereocenters. The third-order valence-corrected chi connectivity index (χ3v) is 3.17. The molecule has 1 aliphatic heterocycles. The molecule has 1 fully saturated rings. The van der Waals surface area contributed by atoms with Gasteiger partial charge in [0.2, 0.25) is 11.8 Å². The van der Waals surface area contributed by atoms with E-state index >= 15 is 0 Å². The quantitative estimate of drug-likeness (QED) is 0.374. The van der Waals surface area contributed by atoms with E-state index in [-0.39, 0.29) is 29.6 Å². The second-order valence-corrected chi connectivity index (χ2v) is 5.03. The minimum absolute atomic E-state index is 0. The molecule has 5 nitrogen and oxygen atoms in total. The molecular formula is C13H20N2NaO3+. The van der Waals surface area contributed by atoms with Gasteiger partial charge in [0, 0.05) is 0 Å². The monoisotopic (exact) mass is 275 g/mol. The van der Waals surface area contributed by atoms with Crippen LogP contribution >= 0.6 is 0 Å². The van der Waals surface area contributed by atoms with Crippen LogP contribution < -0.4 is 40.2 Å². The minimum atomic E-state index is -1.15. The number of urea groups is 1. The van der Waals surface area contributed by atoms with E-state index in [9.17, 15) is 14.4 Å². The number of hydrogen-bond donors (Lipinski definition) is 2. The molecule has 1 aliphatic rings. The van der Waals surface area contributed by atoms with Gasteiger partial charge >= 0.3 is 35.6 Å². The number of barbiturate groups is 1. The molecule has 2 N–H and O–H groups in total. The van der Waals surface area contributed by atoms with E-state index in [1.165, 1.54) is 0 Å². The summed E-state index contributed by atoms with van der Waals surface area (Å²) in [6.45, 7) is 5.90. The summed E-state index contributed by atoms with van der Waals surface area (Å²) in [4.78, 5) is 35.2. The van der Waals surface area contributed by atoms with E-state index in [0.29, 0.717) is 18.8 Å². The molecule has 1 saturated heterocycles. The van der Waals surface area contributed by atoms with Crippen molar-refractivity contribution in [1.29, 1.82) is 0 Å². The van der Waals surface area contributed by atoms with Gasteiger partial charge in [-0.15, -0.1) is 0 Å². The molecule has 0 unspecified atom stereocenters. The van der Waals surface area contributed by atoms with Crippen LogP contribution in [-0.2, 0) is 9.59 Å². The van der Waals surface area contributed by atoms with Crippen LogP contribution in [0.1, 0.15) is 40.0 Å². The Morgan fingerprint density at radius 1 is 1.16 bits per heavy atom. The zero-order valence-electron chi connectivity index (χ0n) is 12.1. The number of carbonyl (C=O) groups is 3. The number of rotatable bonds is 5. The maximum Gasteiger partial charge on any atom is 1.00 e. The number of imide groups is 2. The van der Waals surface area contributed by atoms with Crippen molar-refractivity contribution in [2.75, 3.05) is 0 Å². The number of carbonyl (C=O) groups excluding carboxylic acids is 3. The molecule has 0 aliphatic carbocycles. The molecule has 0 aromatic rings. The number of amides is 4. The molecule has 0 aromatic heterocycles. The zero-order valence-corrected chi connectivity index (χ0v) is 14.1. The van der Waals surface area contributed by atoms with Gasteiger partial charge in [0.05, 0.1) is 0 Å². The second kappa shape index (κ2) is 7.82. The van der Waals surface area contributed by atoms with Crippen molar-refractivity contribution in [2.45, 2.75) is 40.0 Å². The van der Waals surface area contributed by atoms with Gasteiger partial charge in [-0.05, 0) is 32.1 Å². The van der Waals surface area contributed by atoms with Crippen molar-refractivity contribution >= 4 is 17.8 Å². The van der Waals surface area contributed by atoms with Gasteiger partial charge in [-0.2, -0.15) is 0 Å². The molecule has 19 heavy (non-hydrogen) atoms. The van der Waals surface area contributed by atoms with Gasteiger partial charge in [0.15, 0.2) is 0 Å². The third kappa shape index (κ3) is 4.44. The molecule has 0 radical (unpaired) electrons. The van der Waals surface area contributed by atoms with Crippen molar-refractivity contribution in [3.63, 3.8) is 0 Å². The maximum atomic E-state index is 12.0. The van der Waals surface area contributed by atoms with Gasteiger partial charge in [0.1, 0.15) is 5.41 Å². The fraction of sp³-hybridized carbons (Fsp3) is 0.615. The van der Waals surface area contributed by atoms with Gasteiger partial charge in [-0.3, -0.25) is 20.2 Å². The summed E-state index contributed by atoms with van der Waals surface area (Å²) in [7, 11) is 0. The SMILES string of the molecule is C/C=C/CC1(CCC(C)C)C(=O)NC(=O)NC1=O.[Na+]. The first kappa shape index (κ1) is 18.4. The molecule has 6 heteroatoms. The molecule has 0 spiro atoms. The topological polar surface area (TPSA) is 75.3 Å². The summed E-state index contributed by atoms with van der Waals surface area (Å²) in [5.74, 6) is -0.587. The van der Waals surface area contributed by atoms with Crippen molar-refractivity contribution in [2.24, 2.45) is 11.3 Å². The standard InChI is InChI=1S/C13H20N2O3.Na/c1-4-5-7-13(8-6-9(2)3)10(16)14-12(18)15-11(13)17;/h4-5,9H,6-8H2,1-3H3,(H2,14,15,16,17,18);/q;+1/b5-4+;. The van der Waals surface area contributed by atoms with Crippen molar-refractivity contribution in [3.05, 3.63) is 12.2 Å². The predicted octanol–water partition coefficient (Wildman–Crippen LogP) is -1.25. The molecule has 0 aromatic carbocycles. The van der Waals surface area contributed by atoms with E-state index in [1.807, 2.05) is 20.8 Å². The first-order valence-corrected chi connectivity index (χ1v) is 6.20. The van der Waals surface area contributed by atoms with Gasteiger partial charge < -0.3 is 0 Å². The van der Waals surface area contributed by atoms with Crippen LogP contribution in [0.25, 0.3) is 0 Å². The first-order valence-electron chi connectivity index (χ1n) is 6.20. The van der Waals surface area contributed by atoms with Crippen molar-refractivity contribution < 1.29 is 43.9 Å². The molecule has 4 amide bonds. The maximum absolute atomic E-state index is 12.0. The summed E-state index contributed by atoms with van der Waals surface area (Å²) in [6, 6.07) is -0.731. The zero-order chi connectivity index (χ0) is 13.8. The van der Waals surface area contributed by atoms with E-state index in [0.717, 1.165) is 6.42 Å². The van der Waals surface area contributed by atoms with Crippen molar-refractivity contribution in [1.82, 2.24) is 10.6 Å². The largest absolute Gasteiger partial charge is 1.00 e. The fourth-order valence-electron chi connectivity index (χ4n) is 1.95. The van der Waals surface area contributed by atoms with Crippen LogP contribution in [0.3, 0.4) is 0 Å². The van der Waals surface area contributed by atoms with Crippen LogP contribution in [0.15, 0.2) is 12.2 Å². The number of allylic oxidation sites excluding steroid dienone is 2. The second-order valence-electron chi connectivity index (χ2n) is 5.03. The van der Waals surface area contributed by atoms with Crippen molar-refractivity contribution in [3.8, 4) is 0 Å². The Balaban J connectivity index is 0.00000324. The molecule has 1 rings (SSSR count). The average Bonchev–Trinajstić information content (AvgIpc) is 2.27. The van der Waals surface area contributed by atoms with Gasteiger partial charge in [0.25, 0.3) is 0 Å². The average molecular weight is 275 g/mol. The number of hydrogen-bond acceptors (Lipinski definition) is 3. The van der Waals surface area contributed by atoms with E-state index in [4.69, 9.17) is 0 Å². The van der Waals surface area contributed by atoms with Crippen LogP contribution in [0, 0.1) is 11.3 Å². The Morgan fingerprint density at radius 2 is 1.68 bits per heavy atom. The Kier molecular flexibility index (Phi) is 7.55. The summed E-state index contributed by atoms with van der Waals surface area (Å²) in [5, 5.41) is 4.38. The van der Waals surface area contributed by atoms with Gasteiger partial charge in [-0.1, -0.05) is 26.0 Å². The number of nitrogens with one attached hydrogen (secondary N) is 2. The smallest absolute Gasteiger partial charge is 0.277 e.